The van der Waals surface area contributed by atoms with Gasteiger partial charge in [0.2, 0.25) is 0 Å². The predicted molar refractivity (Wildman–Crippen MR) is 62.6 cm³/mol. The van der Waals surface area contributed by atoms with Crippen molar-refractivity contribution in [3.8, 4) is 5.75 Å². The third-order valence-electron chi connectivity index (χ3n) is 2.33. The van der Waals surface area contributed by atoms with E-state index in [-0.39, 0.29) is 11.3 Å². The summed E-state index contributed by atoms with van der Waals surface area (Å²) in [7, 11) is 0. The Bertz CT molecular complexity index is 555. The van der Waals surface area contributed by atoms with Crippen molar-refractivity contribution in [1.82, 2.24) is 4.98 Å². The normalized spacial score (nSPS) is 11.6. The van der Waals surface area contributed by atoms with Crippen molar-refractivity contribution >= 4 is 16.6 Å². The highest BCUT2D eigenvalue weighted by molar-refractivity contribution is 5.94. The number of nitrogens with zero attached hydrogens (tertiary/aromatic N) is 1. The molecule has 0 unspecified atom stereocenters. The van der Waals surface area contributed by atoms with Gasteiger partial charge < -0.3 is 10.1 Å². The zero-order chi connectivity index (χ0) is 13.2. The summed E-state index contributed by atoms with van der Waals surface area (Å²) in [5, 5.41) is 3.66. The number of aromatic nitrogens is 1. The molecule has 0 saturated carbocycles. The fourth-order valence-electron chi connectivity index (χ4n) is 1.70. The van der Waals surface area contributed by atoms with Crippen LogP contribution in [0.25, 0.3) is 10.9 Å². The summed E-state index contributed by atoms with van der Waals surface area (Å²) in [6.45, 7) is 2.58. The summed E-state index contributed by atoms with van der Waals surface area (Å²) in [6.07, 6.45) is -3.27. The van der Waals surface area contributed by atoms with Gasteiger partial charge in [0.05, 0.1) is 0 Å². The number of ether oxygens (including phenoxy) is 1. The standard InChI is InChI=1S/C12H11F3N2O/c1-2-16-9-6-7-17-11-8(9)4-3-5-10(11)18-12(13,14)15/h3-7H,2H2,1H3,(H,16,17). The van der Waals surface area contributed by atoms with Crippen LogP contribution in [0, 0.1) is 0 Å². The van der Waals surface area contributed by atoms with Crippen LogP contribution in [0.15, 0.2) is 30.5 Å². The van der Waals surface area contributed by atoms with E-state index < -0.39 is 6.36 Å². The van der Waals surface area contributed by atoms with E-state index >= 15 is 0 Å². The fraction of sp³-hybridized carbons (Fsp3) is 0.250. The zero-order valence-corrected chi connectivity index (χ0v) is 9.58. The number of halogens is 3. The number of para-hydroxylation sites is 1. The van der Waals surface area contributed by atoms with Crippen LogP contribution in [0.4, 0.5) is 18.9 Å². The molecule has 2 aromatic rings. The molecule has 0 aliphatic carbocycles. The van der Waals surface area contributed by atoms with Crippen LogP contribution in [0.3, 0.4) is 0 Å². The summed E-state index contributed by atoms with van der Waals surface area (Å²) in [6, 6.07) is 6.16. The third-order valence-corrected chi connectivity index (χ3v) is 2.33. The topological polar surface area (TPSA) is 34.2 Å². The van der Waals surface area contributed by atoms with Gasteiger partial charge in [-0.2, -0.15) is 0 Å². The van der Waals surface area contributed by atoms with E-state index in [1.165, 1.54) is 18.3 Å². The average molecular weight is 256 g/mol. The lowest BCUT2D eigenvalue weighted by molar-refractivity contribution is -0.274. The number of benzene rings is 1. The molecule has 2 rings (SSSR count). The summed E-state index contributed by atoms with van der Waals surface area (Å²) in [4.78, 5) is 3.94. The molecule has 0 bridgehead atoms. The molecule has 1 heterocycles. The van der Waals surface area contributed by atoms with E-state index in [4.69, 9.17) is 0 Å². The highest BCUT2D eigenvalue weighted by Crippen LogP contribution is 2.32. The molecular weight excluding hydrogens is 245 g/mol. The number of hydrogen-bond donors (Lipinski definition) is 1. The second kappa shape index (κ2) is 4.72. The van der Waals surface area contributed by atoms with Crippen LogP contribution >= 0.6 is 0 Å². The molecule has 0 aliphatic heterocycles. The lowest BCUT2D eigenvalue weighted by Gasteiger charge is -2.12. The predicted octanol–water partition coefficient (Wildman–Crippen LogP) is 3.57. The highest BCUT2D eigenvalue weighted by atomic mass is 19.4. The minimum Gasteiger partial charge on any atom is -0.403 e. The number of hydrogen-bond acceptors (Lipinski definition) is 3. The van der Waals surface area contributed by atoms with Crippen molar-refractivity contribution in [2.24, 2.45) is 0 Å². The van der Waals surface area contributed by atoms with Crippen molar-refractivity contribution in [3.63, 3.8) is 0 Å². The van der Waals surface area contributed by atoms with E-state index in [1.807, 2.05) is 6.92 Å². The SMILES string of the molecule is CCNc1ccnc2c(OC(F)(F)F)cccc12. The second-order valence-corrected chi connectivity index (χ2v) is 3.59. The molecule has 1 aromatic carbocycles. The fourth-order valence-corrected chi connectivity index (χ4v) is 1.70. The molecule has 0 spiro atoms. The minimum atomic E-state index is -4.72. The Morgan fingerprint density at radius 2 is 2.06 bits per heavy atom. The van der Waals surface area contributed by atoms with Crippen LogP contribution in [-0.4, -0.2) is 17.9 Å². The van der Waals surface area contributed by atoms with E-state index in [2.05, 4.69) is 15.0 Å². The molecule has 18 heavy (non-hydrogen) atoms. The first-order valence-electron chi connectivity index (χ1n) is 5.38. The van der Waals surface area contributed by atoms with Crippen LogP contribution < -0.4 is 10.1 Å². The molecule has 0 amide bonds. The molecule has 0 aliphatic rings. The van der Waals surface area contributed by atoms with E-state index in [0.29, 0.717) is 11.9 Å². The maximum absolute atomic E-state index is 12.3. The number of pyridine rings is 1. The Kier molecular flexibility index (Phi) is 3.27. The lowest BCUT2D eigenvalue weighted by atomic mass is 10.1. The molecule has 0 fully saturated rings. The summed E-state index contributed by atoms with van der Waals surface area (Å²) < 4.78 is 40.7. The molecule has 0 saturated heterocycles. The number of alkyl halides is 3. The maximum Gasteiger partial charge on any atom is 0.573 e. The highest BCUT2D eigenvalue weighted by Gasteiger charge is 2.32. The molecular formula is C12H11F3N2O. The molecule has 0 atom stereocenters. The van der Waals surface area contributed by atoms with Gasteiger partial charge in [-0.15, -0.1) is 13.2 Å². The number of rotatable bonds is 3. The Labute approximate surface area is 102 Å². The quantitative estimate of drug-likeness (QED) is 0.911. The van der Waals surface area contributed by atoms with Gasteiger partial charge in [0.25, 0.3) is 0 Å². The van der Waals surface area contributed by atoms with Crippen molar-refractivity contribution in [2.45, 2.75) is 13.3 Å². The first kappa shape index (κ1) is 12.5. The van der Waals surface area contributed by atoms with Gasteiger partial charge in [-0.3, -0.25) is 4.98 Å². The van der Waals surface area contributed by atoms with Crippen LogP contribution in [0.5, 0.6) is 5.75 Å². The van der Waals surface area contributed by atoms with Gasteiger partial charge in [-0.1, -0.05) is 12.1 Å². The second-order valence-electron chi connectivity index (χ2n) is 3.59. The smallest absolute Gasteiger partial charge is 0.403 e. The Morgan fingerprint density at radius 3 is 2.72 bits per heavy atom. The third kappa shape index (κ3) is 2.64. The van der Waals surface area contributed by atoms with Crippen LogP contribution in [0.1, 0.15) is 6.92 Å². The molecule has 6 heteroatoms. The molecule has 3 nitrogen and oxygen atoms in total. The van der Waals surface area contributed by atoms with Gasteiger partial charge in [-0.05, 0) is 19.1 Å². The molecule has 96 valence electrons. The van der Waals surface area contributed by atoms with Gasteiger partial charge >= 0.3 is 6.36 Å². The number of fused-ring (bicyclic) bond motifs is 1. The number of nitrogens with one attached hydrogen (secondary N) is 1. The van der Waals surface area contributed by atoms with E-state index in [0.717, 1.165) is 5.69 Å². The average Bonchev–Trinajstić information content (AvgIpc) is 2.29. The molecule has 0 radical (unpaired) electrons. The van der Waals surface area contributed by atoms with Gasteiger partial charge in [0.15, 0.2) is 5.75 Å². The molecule has 1 N–H and O–H groups in total. The monoisotopic (exact) mass is 256 g/mol. The van der Waals surface area contributed by atoms with E-state index in [9.17, 15) is 13.2 Å². The first-order valence-corrected chi connectivity index (χ1v) is 5.38. The largest absolute Gasteiger partial charge is 0.573 e. The number of anilines is 1. The molecule has 1 aromatic heterocycles. The van der Waals surface area contributed by atoms with Crippen molar-refractivity contribution < 1.29 is 17.9 Å². The van der Waals surface area contributed by atoms with Crippen molar-refractivity contribution in [2.75, 3.05) is 11.9 Å². The van der Waals surface area contributed by atoms with Gasteiger partial charge in [0.1, 0.15) is 5.52 Å². The zero-order valence-electron chi connectivity index (χ0n) is 9.58. The Balaban J connectivity index is 2.53. The summed E-state index contributed by atoms with van der Waals surface area (Å²) in [5.41, 5.74) is 0.920. The van der Waals surface area contributed by atoms with Crippen LogP contribution in [-0.2, 0) is 0 Å². The Morgan fingerprint density at radius 1 is 1.28 bits per heavy atom. The van der Waals surface area contributed by atoms with Crippen molar-refractivity contribution in [1.29, 1.82) is 0 Å². The first-order chi connectivity index (χ1) is 8.51. The van der Waals surface area contributed by atoms with E-state index in [1.54, 1.807) is 12.1 Å². The minimum absolute atomic E-state index is 0.188. The van der Waals surface area contributed by atoms with Gasteiger partial charge in [0, 0.05) is 23.8 Å². The lowest BCUT2D eigenvalue weighted by Crippen LogP contribution is -2.17. The van der Waals surface area contributed by atoms with Crippen molar-refractivity contribution in [3.05, 3.63) is 30.5 Å². The maximum atomic E-state index is 12.3. The Hall–Kier alpha value is -1.98. The van der Waals surface area contributed by atoms with Gasteiger partial charge in [-0.25, -0.2) is 0 Å². The summed E-state index contributed by atoms with van der Waals surface area (Å²) >= 11 is 0. The summed E-state index contributed by atoms with van der Waals surface area (Å²) in [5.74, 6) is -0.292. The van der Waals surface area contributed by atoms with Crippen LogP contribution in [0.2, 0.25) is 0 Å².